The van der Waals surface area contributed by atoms with Gasteiger partial charge in [-0.2, -0.15) is 13.2 Å². The van der Waals surface area contributed by atoms with Crippen molar-refractivity contribution in [3.8, 4) is 5.75 Å². The lowest BCUT2D eigenvalue weighted by Gasteiger charge is -2.25. The van der Waals surface area contributed by atoms with E-state index in [-0.39, 0.29) is 12.4 Å². The summed E-state index contributed by atoms with van der Waals surface area (Å²) in [6.07, 6.45) is -4.91. The zero-order chi connectivity index (χ0) is 15.7. The number of aryl methyl sites for hydroxylation is 1. The highest BCUT2D eigenvalue weighted by Crippen LogP contribution is 2.37. The van der Waals surface area contributed by atoms with Crippen LogP contribution >= 0.6 is 0 Å². The SMILES string of the molecule is CCOc1c(C(=O)C(F)(F)F)cc(C)cc1C(C)(C)C. The van der Waals surface area contributed by atoms with Crippen LogP contribution in [0.3, 0.4) is 0 Å². The summed E-state index contributed by atoms with van der Waals surface area (Å²) in [6.45, 7) is 9.14. The zero-order valence-electron chi connectivity index (χ0n) is 12.3. The molecule has 1 rings (SSSR count). The van der Waals surface area contributed by atoms with Crippen molar-refractivity contribution in [3.05, 3.63) is 28.8 Å². The first-order valence-corrected chi connectivity index (χ1v) is 6.38. The van der Waals surface area contributed by atoms with E-state index in [0.29, 0.717) is 11.1 Å². The Labute approximate surface area is 116 Å². The molecule has 0 heterocycles. The van der Waals surface area contributed by atoms with Crippen molar-refractivity contribution in [3.63, 3.8) is 0 Å². The maximum Gasteiger partial charge on any atom is 0.455 e. The third-order valence-corrected chi connectivity index (χ3v) is 2.83. The number of hydrogen-bond acceptors (Lipinski definition) is 2. The fourth-order valence-corrected chi connectivity index (χ4v) is 1.95. The van der Waals surface area contributed by atoms with Gasteiger partial charge in [-0.3, -0.25) is 4.79 Å². The molecule has 0 saturated carbocycles. The molecular weight excluding hydrogens is 269 g/mol. The molecule has 0 bridgehead atoms. The Kier molecular flexibility index (Phi) is 4.52. The third-order valence-electron chi connectivity index (χ3n) is 2.83. The molecular formula is C15H19F3O2. The van der Waals surface area contributed by atoms with Crippen LogP contribution in [0.4, 0.5) is 13.2 Å². The van der Waals surface area contributed by atoms with E-state index in [2.05, 4.69) is 0 Å². The van der Waals surface area contributed by atoms with Gasteiger partial charge in [0.2, 0.25) is 0 Å². The molecule has 0 atom stereocenters. The van der Waals surface area contributed by atoms with Crippen molar-refractivity contribution in [2.45, 2.75) is 46.2 Å². The summed E-state index contributed by atoms with van der Waals surface area (Å²) < 4.78 is 43.5. The lowest BCUT2D eigenvalue weighted by molar-refractivity contribution is -0.0886. The van der Waals surface area contributed by atoms with Gasteiger partial charge in [0.25, 0.3) is 5.78 Å². The highest BCUT2D eigenvalue weighted by atomic mass is 19.4. The van der Waals surface area contributed by atoms with Crippen molar-refractivity contribution < 1.29 is 22.7 Å². The lowest BCUT2D eigenvalue weighted by atomic mass is 9.83. The normalized spacial score (nSPS) is 12.4. The van der Waals surface area contributed by atoms with Gasteiger partial charge in [0.15, 0.2) is 0 Å². The van der Waals surface area contributed by atoms with Crippen LogP contribution in [0.1, 0.15) is 49.2 Å². The number of ether oxygens (including phenoxy) is 1. The van der Waals surface area contributed by atoms with E-state index >= 15 is 0 Å². The van der Waals surface area contributed by atoms with Crippen LogP contribution in [0.5, 0.6) is 5.75 Å². The van der Waals surface area contributed by atoms with Crippen LogP contribution in [0.25, 0.3) is 0 Å². The minimum atomic E-state index is -4.91. The van der Waals surface area contributed by atoms with Crippen molar-refractivity contribution >= 4 is 5.78 Å². The molecule has 0 aromatic heterocycles. The van der Waals surface area contributed by atoms with Crippen molar-refractivity contribution in [2.75, 3.05) is 6.61 Å². The van der Waals surface area contributed by atoms with Crippen molar-refractivity contribution in [1.29, 1.82) is 0 Å². The second-order valence-electron chi connectivity index (χ2n) is 5.70. The Hall–Kier alpha value is -1.52. The molecule has 0 unspecified atom stereocenters. The molecule has 0 fully saturated rings. The molecule has 0 spiro atoms. The molecule has 0 saturated heterocycles. The summed E-state index contributed by atoms with van der Waals surface area (Å²) in [6, 6.07) is 2.99. The summed E-state index contributed by atoms with van der Waals surface area (Å²) in [5.41, 5.74) is 0.374. The second kappa shape index (κ2) is 5.46. The van der Waals surface area contributed by atoms with Crippen LogP contribution in [-0.2, 0) is 5.41 Å². The minimum Gasteiger partial charge on any atom is -0.493 e. The molecule has 20 heavy (non-hydrogen) atoms. The Balaban J connectivity index is 3.59. The molecule has 2 nitrogen and oxygen atoms in total. The average molecular weight is 288 g/mol. The highest BCUT2D eigenvalue weighted by Gasteiger charge is 2.42. The van der Waals surface area contributed by atoms with Gasteiger partial charge >= 0.3 is 6.18 Å². The van der Waals surface area contributed by atoms with Crippen LogP contribution in [0.15, 0.2) is 12.1 Å². The van der Waals surface area contributed by atoms with Gasteiger partial charge < -0.3 is 4.74 Å². The Bertz CT molecular complexity index is 511. The Morgan fingerprint density at radius 1 is 1.20 bits per heavy atom. The molecule has 5 heteroatoms. The molecule has 0 aliphatic carbocycles. The van der Waals surface area contributed by atoms with Gasteiger partial charge in [0, 0.05) is 5.56 Å². The van der Waals surface area contributed by atoms with Gasteiger partial charge in [-0.1, -0.05) is 26.8 Å². The number of hydrogen-bond donors (Lipinski definition) is 0. The number of carbonyl (C=O) groups is 1. The van der Waals surface area contributed by atoms with Crippen LogP contribution in [0.2, 0.25) is 0 Å². The van der Waals surface area contributed by atoms with Gasteiger partial charge in [0.05, 0.1) is 12.2 Å². The summed E-state index contributed by atoms with van der Waals surface area (Å²) in [4.78, 5) is 11.6. The summed E-state index contributed by atoms with van der Waals surface area (Å²) in [5.74, 6) is -1.83. The first-order chi connectivity index (χ1) is 8.98. The van der Waals surface area contributed by atoms with Crippen LogP contribution in [0, 0.1) is 6.92 Å². The largest absolute Gasteiger partial charge is 0.493 e. The maximum atomic E-state index is 12.7. The molecule has 1 aromatic carbocycles. The van der Waals surface area contributed by atoms with E-state index in [1.54, 1.807) is 19.9 Å². The number of alkyl halides is 3. The average Bonchev–Trinajstić information content (AvgIpc) is 2.27. The molecule has 0 aliphatic rings. The molecule has 1 aromatic rings. The number of rotatable bonds is 3. The molecule has 0 N–H and O–H groups in total. The van der Waals surface area contributed by atoms with Gasteiger partial charge in [-0.15, -0.1) is 0 Å². The first kappa shape index (κ1) is 16.5. The molecule has 0 radical (unpaired) electrons. The van der Waals surface area contributed by atoms with Crippen molar-refractivity contribution in [2.24, 2.45) is 0 Å². The third kappa shape index (κ3) is 3.52. The summed E-state index contributed by atoms with van der Waals surface area (Å²) in [5, 5.41) is 0. The summed E-state index contributed by atoms with van der Waals surface area (Å²) >= 11 is 0. The van der Waals surface area contributed by atoms with E-state index in [9.17, 15) is 18.0 Å². The van der Waals surface area contributed by atoms with Gasteiger partial charge in [0.1, 0.15) is 5.75 Å². The van der Waals surface area contributed by atoms with E-state index in [0.717, 1.165) is 0 Å². The first-order valence-electron chi connectivity index (χ1n) is 6.38. The predicted molar refractivity (Wildman–Crippen MR) is 71.4 cm³/mol. The minimum absolute atomic E-state index is 0.0351. The molecule has 0 aliphatic heterocycles. The quantitative estimate of drug-likeness (QED) is 0.769. The molecule has 0 amide bonds. The monoisotopic (exact) mass is 288 g/mol. The van der Waals surface area contributed by atoms with E-state index in [1.807, 2.05) is 20.8 Å². The Morgan fingerprint density at radius 3 is 2.15 bits per heavy atom. The topological polar surface area (TPSA) is 26.3 Å². The standard InChI is InChI=1S/C15H19F3O2/c1-6-20-12-10(13(19)15(16,17)18)7-9(2)8-11(12)14(3,4)5/h7-8H,6H2,1-5H3. The lowest BCUT2D eigenvalue weighted by Crippen LogP contribution is -2.25. The summed E-state index contributed by atoms with van der Waals surface area (Å²) in [7, 11) is 0. The number of carbonyl (C=O) groups excluding carboxylic acids is 1. The van der Waals surface area contributed by atoms with Crippen molar-refractivity contribution in [1.82, 2.24) is 0 Å². The fraction of sp³-hybridized carbons (Fsp3) is 0.533. The van der Waals surface area contributed by atoms with E-state index in [4.69, 9.17) is 4.74 Å². The fourth-order valence-electron chi connectivity index (χ4n) is 1.95. The zero-order valence-corrected chi connectivity index (χ0v) is 12.3. The van der Waals surface area contributed by atoms with E-state index < -0.39 is 22.9 Å². The highest BCUT2D eigenvalue weighted by molar-refractivity contribution is 6.03. The smallest absolute Gasteiger partial charge is 0.455 e. The van der Waals surface area contributed by atoms with Crippen LogP contribution in [-0.4, -0.2) is 18.6 Å². The second-order valence-corrected chi connectivity index (χ2v) is 5.70. The molecule has 112 valence electrons. The number of benzene rings is 1. The number of ketones is 1. The van der Waals surface area contributed by atoms with Gasteiger partial charge in [-0.05, 0) is 30.9 Å². The number of Topliss-reactive ketones (excluding diaryl/α,β-unsaturated/α-hetero) is 1. The van der Waals surface area contributed by atoms with Gasteiger partial charge in [-0.25, -0.2) is 0 Å². The van der Waals surface area contributed by atoms with E-state index in [1.165, 1.54) is 6.07 Å². The predicted octanol–water partition coefficient (Wildman–Crippen LogP) is 4.44. The maximum absolute atomic E-state index is 12.7. The van der Waals surface area contributed by atoms with Crippen LogP contribution < -0.4 is 4.74 Å². The Morgan fingerprint density at radius 2 is 1.75 bits per heavy atom. The number of halogens is 3.